The lowest BCUT2D eigenvalue weighted by molar-refractivity contribution is -0.135. The summed E-state index contributed by atoms with van der Waals surface area (Å²) >= 11 is 0. The Hall–Kier alpha value is -1.89. The molecule has 120 valence electrons. The van der Waals surface area contributed by atoms with Gasteiger partial charge in [-0.3, -0.25) is 9.59 Å². The molecule has 2 rings (SSSR count). The van der Waals surface area contributed by atoms with Crippen LogP contribution in [-0.2, 0) is 26.0 Å². The topological polar surface area (TPSA) is 83.6 Å². The van der Waals surface area contributed by atoms with Crippen LogP contribution in [0.1, 0.15) is 18.9 Å². The van der Waals surface area contributed by atoms with Gasteiger partial charge in [-0.25, -0.2) is 8.42 Å². The second kappa shape index (κ2) is 6.91. The van der Waals surface area contributed by atoms with E-state index in [0.717, 1.165) is 5.56 Å². The molecule has 0 aromatic heterocycles. The lowest BCUT2D eigenvalue weighted by Gasteiger charge is -2.21. The molecule has 1 heterocycles. The van der Waals surface area contributed by atoms with E-state index >= 15 is 0 Å². The fourth-order valence-corrected chi connectivity index (χ4v) is 4.11. The Labute approximate surface area is 130 Å². The van der Waals surface area contributed by atoms with Crippen LogP contribution in [0.3, 0.4) is 0 Å². The van der Waals surface area contributed by atoms with Crippen molar-refractivity contribution in [3.05, 3.63) is 35.9 Å². The quantitative estimate of drug-likeness (QED) is 0.846. The van der Waals surface area contributed by atoms with Gasteiger partial charge < -0.3 is 10.2 Å². The van der Waals surface area contributed by atoms with Gasteiger partial charge in [-0.05, 0) is 12.0 Å². The van der Waals surface area contributed by atoms with E-state index < -0.39 is 9.84 Å². The van der Waals surface area contributed by atoms with E-state index in [1.54, 1.807) is 0 Å². The molecule has 2 amide bonds. The van der Waals surface area contributed by atoms with E-state index in [4.69, 9.17) is 0 Å². The minimum absolute atomic E-state index is 0.0164. The molecular formula is C15H20N2O4S. The first-order valence-electron chi connectivity index (χ1n) is 7.15. The highest BCUT2D eigenvalue weighted by molar-refractivity contribution is 7.91. The summed E-state index contributed by atoms with van der Waals surface area (Å²) in [5.74, 6) is -0.429. The molecule has 1 N–H and O–H groups in total. The summed E-state index contributed by atoms with van der Waals surface area (Å²) in [5.41, 5.74) is 0.939. The maximum absolute atomic E-state index is 12.0. The summed E-state index contributed by atoms with van der Waals surface area (Å²) in [7, 11) is -3.03. The molecule has 1 fully saturated rings. The number of carbonyl (C=O) groups is 2. The number of rotatable bonds is 5. The minimum atomic E-state index is -3.03. The first-order chi connectivity index (χ1) is 10.4. The van der Waals surface area contributed by atoms with E-state index in [-0.39, 0.29) is 35.9 Å². The molecule has 1 aliphatic heterocycles. The van der Waals surface area contributed by atoms with Crippen LogP contribution in [0.5, 0.6) is 0 Å². The van der Waals surface area contributed by atoms with Crippen molar-refractivity contribution in [2.24, 2.45) is 0 Å². The first-order valence-corrected chi connectivity index (χ1v) is 8.97. The number of sulfone groups is 1. The lowest BCUT2D eigenvalue weighted by atomic mass is 10.2. The Morgan fingerprint density at radius 1 is 1.27 bits per heavy atom. The highest BCUT2D eigenvalue weighted by Crippen LogP contribution is 2.11. The monoisotopic (exact) mass is 324 g/mol. The van der Waals surface area contributed by atoms with Gasteiger partial charge in [-0.2, -0.15) is 0 Å². The Bertz CT molecular complexity index is 643. The van der Waals surface area contributed by atoms with Crippen molar-refractivity contribution in [3.63, 3.8) is 0 Å². The second-order valence-corrected chi connectivity index (χ2v) is 7.76. The summed E-state index contributed by atoms with van der Waals surface area (Å²) in [4.78, 5) is 25.1. The molecule has 22 heavy (non-hydrogen) atoms. The number of carbonyl (C=O) groups excluding carboxylic acids is 2. The van der Waals surface area contributed by atoms with E-state index in [9.17, 15) is 18.0 Å². The molecule has 1 unspecified atom stereocenters. The summed E-state index contributed by atoms with van der Waals surface area (Å²) in [5, 5.41) is 2.69. The van der Waals surface area contributed by atoms with Gasteiger partial charge in [0.25, 0.3) is 0 Å². The summed E-state index contributed by atoms with van der Waals surface area (Å²) in [6.45, 7) is 1.70. The van der Waals surface area contributed by atoms with Crippen LogP contribution in [-0.4, -0.2) is 49.2 Å². The van der Waals surface area contributed by atoms with E-state index in [2.05, 4.69) is 5.32 Å². The summed E-state index contributed by atoms with van der Waals surface area (Å²) in [6, 6.07) is 9.06. The zero-order valence-corrected chi connectivity index (χ0v) is 13.3. The maximum atomic E-state index is 12.0. The van der Waals surface area contributed by atoms with Crippen molar-refractivity contribution >= 4 is 21.7 Å². The molecule has 0 aliphatic carbocycles. The van der Waals surface area contributed by atoms with Gasteiger partial charge >= 0.3 is 0 Å². The molecule has 6 nitrogen and oxygen atoms in total. The molecule has 1 saturated heterocycles. The van der Waals surface area contributed by atoms with Crippen molar-refractivity contribution in [2.75, 3.05) is 18.1 Å². The zero-order chi connectivity index (χ0) is 16.2. The normalized spacial score (nSPS) is 19.6. The van der Waals surface area contributed by atoms with Crippen molar-refractivity contribution in [1.82, 2.24) is 10.2 Å². The van der Waals surface area contributed by atoms with Crippen molar-refractivity contribution < 1.29 is 18.0 Å². The standard InChI is InChI=1S/C15H20N2O4S/c1-12(18)17(9-13-5-3-2-4-6-13)10-15(19)16-14-7-8-22(20,21)11-14/h2-6,14H,7-11H2,1H3,(H,16,19). The molecule has 1 aliphatic rings. The predicted octanol–water partition coefficient (Wildman–Crippen LogP) is 0.338. The number of benzene rings is 1. The van der Waals surface area contributed by atoms with Crippen LogP contribution < -0.4 is 5.32 Å². The Morgan fingerprint density at radius 2 is 1.95 bits per heavy atom. The highest BCUT2D eigenvalue weighted by Gasteiger charge is 2.29. The predicted molar refractivity (Wildman–Crippen MR) is 82.7 cm³/mol. The van der Waals surface area contributed by atoms with Gasteiger partial charge in [0.2, 0.25) is 11.8 Å². The number of hydrogen-bond acceptors (Lipinski definition) is 4. The number of hydrogen-bond donors (Lipinski definition) is 1. The number of amides is 2. The van der Waals surface area contributed by atoms with Crippen LogP contribution in [0.15, 0.2) is 30.3 Å². The third kappa shape index (κ3) is 4.84. The smallest absolute Gasteiger partial charge is 0.239 e. The zero-order valence-electron chi connectivity index (χ0n) is 12.5. The Balaban J connectivity index is 1.91. The number of nitrogens with one attached hydrogen (secondary N) is 1. The largest absolute Gasteiger partial charge is 0.351 e. The SMILES string of the molecule is CC(=O)N(CC(=O)NC1CCS(=O)(=O)C1)Cc1ccccc1. The molecule has 0 bridgehead atoms. The molecule has 0 saturated carbocycles. The van der Waals surface area contributed by atoms with Gasteiger partial charge in [-0.15, -0.1) is 0 Å². The van der Waals surface area contributed by atoms with Crippen molar-refractivity contribution in [2.45, 2.75) is 25.9 Å². The highest BCUT2D eigenvalue weighted by atomic mass is 32.2. The van der Waals surface area contributed by atoms with E-state index in [1.807, 2.05) is 30.3 Å². The maximum Gasteiger partial charge on any atom is 0.239 e. The third-order valence-electron chi connectivity index (χ3n) is 3.59. The molecule has 1 aromatic rings. The van der Waals surface area contributed by atoms with Crippen molar-refractivity contribution in [3.8, 4) is 0 Å². The van der Waals surface area contributed by atoms with Crippen LogP contribution in [0, 0.1) is 0 Å². The first kappa shape index (κ1) is 16.5. The van der Waals surface area contributed by atoms with E-state index in [1.165, 1.54) is 11.8 Å². The second-order valence-electron chi connectivity index (χ2n) is 5.53. The molecule has 1 atom stereocenters. The molecular weight excluding hydrogens is 304 g/mol. The minimum Gasteiger partial charge on any atom is -0.351 e. The van der Waals surface area contributed by atoms with Crippen LogP contribution in [0.4, 0.5) is 0 Å². The van der Waals surface area contributed by atoms with Crippen molar-refractivity contribution in [1.29, 1.82) is 0 Å². The van der Waals surface area contributed by atoms with E-state index in [0.29, 0.717) is 13.0 Å². The summed E-state index contributed by atoms with van der Waals surface area (Å²) in [6.07, 6.45) is 0.437. The van der Waals surface area contributed by atoms with Crippen LogP contribution >= 0.6 is 0 Å². The number of nitrogens with zero attached hydrogens (tertiary/aromatic N) is 1. The molecule has 0 spiro atoms. The Morgan fingerprint density at radius 3 is 2.50 bits per heavy atom. The van der Waals surface area contributed by atoms with Crippen LogP contribution in [0.25, 0.3) is 0 Å². The van der Waals surface area contributed by atoms with Gasteiger partial charge in [0, 0.05) is 19.5 Å². The Kier molecular flexibility index (Phi) is 5.18. The molecule has 7 heteroatoms. The molecule has 1 aromatic carbocycles. The lowest BCUT2D eigenvalue weighted by Crippen LogP contribution is -2.43. The average Bonchev–Trinajstić information content (AvgIpc) is 2.78. The van der Waals surface area contributed by atoms with Gasteiger partial charge in [0.05, 0.1) is 18.1 Å². The third-order valence-corrected chi connectivity index (χ3v) is 5.36. The van der Waals surface area contributed by atoms with Gasteiger partial charge in [0.15, 0.2) is 9.84 Å². The molecule has 0 radical (unpaired) electrons. The van der Waals surface area contributed by atoms with Gasteiger partial charge in [0.1, 0.15) is 0 Å². The summed E-state index contributed by atoms with van der Waals surface area (Å²) < 4.78 is 22.8. The van der Waals surface area contributed by atoms with Gasteiger partial charge in [-0.1, -0.05) is 30.3 Å². The average molecular weight is 324 g/mol. The van der Waals surface area contributed by atoms with Crippen LogP contribution in [0.2, 0.25) is 0 Å². The fraction of sp³-hybridized carbons (Fsp3) is 0.467. The fourth-order valence-electron chi connectivity index (χ4n) is 2.44.